The maximum Gasteiger partial charge on any atom is 0.240 e. The molecule has 4 N–H and O–H groups in total. The molecule has 0 bridgehead atoms. The molecule has 2 amide bonds. The molecule has 0 spiro atoms. The fourth-order valence-corrected chi connectivity index (χ4v) is 1.69. The van der Waals surface area contributed by atoms with E-state index in [0.29, 0.717) is 12.4 Å². The van der Waals surface area contributed by atoms with Crippen molar-refractivity contribution in [2.24, 2.45) is 5.84 Å². The summed E-state index contributed by atoms with van der Waals surface area (Å²) in [4.78, 5) is 28.3. The predicted octanol–water partition coefficient (Wildman–Crippen LogP) is -1.17. The molecule has 0 aromatic carbocycles. The number of hydrazine groups is 1. The van der Waals surface area contributed by atoms with Crippen molar-refractivity contribution in [1.82, 2.24) is 15.2 Å². The lowest BCUT2D eigenvalue weighted by molar-refractivity contribution is -0.136. The number of pyridine rings is 1. The zero-order valence-electron chi connectivity index (χ0n) is 9.14. The second-order valence-corrected chi connectivity index (χ2v) is 3.78. The number of nitrogens with two attached hydrogens (primary N) is 1. The van der Waals surface area contributed by atoms with Gasteiger partial charge in [0.1, 0.15) is 5.82 Å². The summed E-state index contributed by atoms with van der Waals surface area (Å²) in [7, 11) is 0. The molecule has 7 heteroatoms. The number of nitrogen functional groups attached to an aromatic ring is 1. The van der Waals surface area contributed by atoms with Crippen LogP contribution in [0.3, 0.4) is 0 Å². The Labute approximate surface area is 98.0 Å². The Bertz CT molecular complexity index is 432. The Morgan fingerprint density at radius 3 is 2.71 bits per heavy atom. The number of aromatic nitrogens is 1. The first-order valence-electron chi connectivity index (χ1n) is 5.15. The van der Waals surface area contributed by atoms with Crippen LogP contribution in [-0.4, -0.2) is 34.8 Å². The zero-order valence-corrected chi connectivity index (χ0v) is 9.14. The molecular weight excluding hydrogens is 222 g/mol. The fraction of sp³-hybridized carbons (Fsp3) is 0.300. The van der Waals surface area contributed by atoms with E-state index < -0.39 is 0 Å². The zero-order chi connectivity index (χ0) is 12.3. The number of anilines is 1. The minimum Gasteiger partial charge on any atom is -0.308 e. The van der Waals surface area contributed by atoms with E-state index in [1.807, 2.05) is 12.1 Å². The molecule has 1 aromatic heterocycles. The number of rotatable bonds is 3. The summed E-state index contributed by atoms with van der Waals surface area (Å²) in [6, 6.07) is 5.36. The number of amides is 2. The van der Waals surface area contributed by atoms with Gasteiger partial charge in [0.15, 0.2) is 0 Å². The SMILES string of the molecule is NNc1cccc(CN2CC(=O)NC(=O)C2)n1. The number of piperazine rings is 1. The molecule has 1 saturated heterocycles. The van der Waals surface area contributed by atoms with Crippen LogP contribution in [0.5, 0.6) is 0 Å². The van der Waals surface area contributed by atoms with Gasteiger partial charge in [-0.05, 0) is 12.1 Å². The van der Waals surface area contributed by atoms with Crippen molar-refractivity contribution in [2.45, 2.75) is 6.54 Å². The van der Waals surface area contributed by atoms with Crippen LogP contribution in [-0.2, 0) is 16.1 Å². The van der Waals surface area contributed by atoms with E-state index in [4.69, 9.17) is 5.84 Å². The largest absolute Gasteiger partial charge is 0.308 e. The van der Waals surface area contributed by atoms with Crippen molar-refractivity contribution in [3.8, 4) is 0 Å². The van der Waals surface area contributed by atoms with Gasteiger partial charge in [0.05, 0.1) is 18.8 Å². The van der Waals surface area contributed by atoms with Gasteiger partial charge < -0.3 is 5.43 Å². The van der Waals surface area contributed by atoms with Crippen LogP contribution in [0.1, 0.15) is 5.69 Å². The summed E-state index contributed by atoms with van der Waals surface area (Å²) in [6.07, 6.45) is 0. The number of imide groups is 1. The van der Waals surface area contributed by atoms with Gasteiger partial charge in [-0.15, -0.1) is 0 Å². The molecule has 0 radical (unpaired) electrons. The highest BCUT2D eigenvalue weighted by molar-refractivity contribution is 5.99. The minimum atomic E-state index is -0.283. The summed E-state index contributed by atoms with van der Waals surface area (Å²) in [5.74, 6) is 5.24. The third-order valence-electron chi connectivity index (χ3n) is 2.35. The Balaban J connectivity index is 2.04. The van der Waals surface area contributed by atoms with E-state index in [-0.39, 0.29) is 24.9 Å². The molecular formula is C10H13N5O2. The highest BCUT2D eigenvalue weighted by atomic mass is 16.2. The predicted molar refractivity (Wildman–Crippen MR) is 60.5 cm³/mol. The van der Waals surface area contributed by atoms with Crippen molar-refractivity contribution >= 4 is 17.6 Å². The van der Waals surface area contributed by atoms with Crippen LogP contribution in [0, 0.1) is 0 Å². The standard InChI is InChI=1S/C10H13N5O2/c11-14-8-3-1-2-7(12-8)4-15-5-9(16)13-10(17)6-15/h1-3H,4-6,11H2,(H,12,14)(H,13,16,17). The average molecular weight is 235 g/mol. The van der Waals surface area contributed by atoms with Gasteiger partial charge in [-0.25, -0.2) is 10.8 Å². The summed E-state index contributed by atoms with van der Waals surface area (Å²) >= 11 is 0. The van der Waals surface area contributed by atoms with Crippen LogP contribution < -0.4 is 16.6 Å². The minimum absolute atomic E-state index is 0.202. The molecule has 7 nitrogen and oxygen atoms in total. The van der Waals surface area contributed by atoms with Crippen molar-refractivity contribution in [3.63, 3.8) is 0 Å². The quantitative estimate of drug-likeness (QED) is 0.346. The monoisotopic (exact) mass is 235 g/mol. The van der Waals surface area contributed by atoms with Crippen molar-refractivity contribution in [3.05, 3.63) is 23.9 Å². The lowest BCUT2D eigenvalue weighted by atomic mass is 10.3. The number of nitrogens with one attached hydrogen (secondary N) is 2. The summed E-state index contributed by atoms with van der Waals surface area (Å²) in [6.45, 7) is 0.843. The maximum atomic E-state index is 11.2. The van der Waals surface area contributed by atoms with Gasteiger partial charge in [0.2, 0.25) is 11.8 Å². The number of carbonyl (C=O) groups is 2. The van der Waals surface area contributed by atoms with Gasteiger partial charge in [0, 0.05) is 6.54 Å². The lowest BCUT2D eigenvalue weighted by Crippen LogP contribution is -2.50. The van der Waals surface area contributed by atoms with E-state index in [0.717, 1.165) is 5.69 Å². The molecule has 2 heterocycles. The van der Waals surface area contributed by atoms with E-state index >= 15 is 0 Å². The highest BCUT2D eigenvalue weighted by Crippen LogP contribution is 2.07. The first-order valence-corrected chi connectivity index (χ1v) is 5.15. The maximum absolute atomic E-state index is 11.2. The fourth-order valence-electron chi connectivity index (χ4n) is 1.69. The van der Waals surface area contributed by atoms with Gasteiger partial charge in [0.25, 0.3) is 0 Å². The van der Waals surface area contributed by atoms with Crippen molar-refractivity contribution < 1.29 is 9.59 Å². The van der Waals surface area contributed by atoms with E-state index in [1.165, 1.54) is 0 Å². The molecule has 90 valence electrons. The van der Waals surface area contributed by atoms with E-state index in [1.54, 1.807) is 11.0 Å². The van der Waals surface area contributed by atoms with Crippen LogP contribution >= 0.6 is 0 Å². The molecule has 2 rings (SSSR count). The Morgan fingerprint density at radius 2 is 2.06 bits per heavy atom. The number of hydrogen-bond donors (Lipinski definition) is 3. The first-order chi connectivity index (χ1) is 8.17. The Morgan fingerprint density at radius 1 is 1.35 bits per heavy atom. The van der Waals surface area contributed by atoms with Gasteiger partial charge >= 0.3 is 0 Å². The number of hydrogen-bond acceptors (Lipinski definition) is 6. The van der Waals surface area contributed by atoms with Gasteiger partial charge in [-0.3, -0.25) is 19.8 Å². The van der Waals surface area contributed by atoms with Crippen molar-refractivity contribution in [1.29, 1.82) is 0 Å². The molecule has 0 aliphatic carbocycles. The molecule has 0 saturated carbocycles. The van der Waals surface area contributed by atoms with Gasteiger partial charge in [-0.2, -0.15) is 0 Å². The molecule has 17 heavy (non-hydrogen) atoms. The summed E-state index contributed by atoms with van der Waals surface area (Å²) < 4.78 is 0. The number of carbonyl (C=O) groups excluding carboxylic acids is 2. The van der Waals surface area contributed by atoms with Crippen molar-refractivity contribution in [2.75, 3.05) is 18.5 Å². The third kappa shape index (κ3) is 2.99. The molecule has 1 aliphatic heterocycles. The normalized spacial score (nSPS) is 16.8. The second-order valence-electron chi connectivity index (χ2n) is 3.78. The van der Waals surface area contributed by atoms with Crippen LogP contribution in [0.4, 0.5) is 5.82 Å². The average Bonchev–Trinajstić information content (AvgIpc) is 2.28. The highest BCUT2D eigenvalue weighted by Gasteiger charge is 2.22. The second kappa shape index (κ2) is 4.89. The van der Waals surface area contributed by atoms with E-state index in [2.05, 4.69) is 15.7 Å². The Hall–Kier alpha value is -1.99. The first kappa shape index (κ1) is 11.5. The molecule has 1 aliphatic rings. The Kier molecular flexibility index (Phi) is 3.31. The summed E-state index contributed by atoms with van der Waals surface area (Å²) in [5.41, 5.74) is 3.20. The van der Waals surface area contributed by atoms with Crippen LogP contribution in [0.2, 0.25) is 0 Å². The van der Waals surface area contributed by atoms with Gasteiger partial charge in [-0.1, -0.05) is 6.07 Å². The molecule has 0 unspecified atom stereocenters. The molecule has 1 aromatic rings. The smallest absolute Gasteiger partial charge is 0.240 e. The third-order valence-corrected chi connectivity index (χ3v) is 2.35. The number of nitrogens with zero attached hydrogens (tertiary/aromatic N) is 2. The van der Waals surface area contributed by atoms with Crippen LogP contribution in [0.25, 0.3) is 0 Å². The lowest BCUT2D eigenvalue weighted by Gasteiger charge is -2.24. The topological polar surface area (TPSA) is 100 Å². The summed E-state index contributed by atoms with van der Waals surface area (Å²) in [5, 5.41) is 2.25. The molecule has 1 fully saturated rings. The molecule has 0 atom stereocenters. The van der Waals surface area contributed by atoms with E-state index in [9.17, 15) is 9.59 Å². The van der Waals surface area contributed by atoms with Crippen LogP contribution in [0.15, 0.2) is 18.2 Å².